The highest BCUT2D eigenvalue weighted by atomic mass is 16.6. The van der Waals surface area contributed by atoms with Crippen molar-refractivity contribution in [2.45, 2.75) is 38.8 Å². The highest BCUT2D eigenvalue weighted by Gasteiger charge is 2.33. The zero-order chi connectivity index (χ0) is 9.14. The third-order valence-corrected chi connectivity index (χ3v) is 1.91. The van der Waals surface area contributed by atoms with E-state index in [1.54, 1.807) is 0 Å². The van der Waals surface area contributed by atoms with E-state index in [1.807, 2.05) is 6.92 Å². The van der Waals surface area contributed by atoms with Crippen LogP contribution in [-0.4, -0.2) is 24.0 Å². The van der Waals surface area contributed by atoms with Gasteiger partial charge in [-0.15, -0.1) is 0 Å². The van der Waals surface area contributed by atoms with Gasteiger partial charge >= 0.3 is 5.97 Å². The van der Waals surface area contributed by atoms with Gasteiger partial charge in [-0.05, 0) is 6.42 Å². The van der Waals surface area contributed by atoms with Gasteiger partial charge in [0.05, 0.1) is 12.5 Å². The summed E-state index contributed by atoms with van der Waals surface area (Å²) in [4.78, 5) is 21.5. The molecule has 1 saturated heterocycles. The number of cyclic esters (lactones) is 1. The molecule has 1 amide bonds. The lowest BCUT2D eigenvalue weighted by molar-refractivity contribution is -0.141. The van der Waals surface area contributed by atoms with Crippen LogP contribution in [0.3, 0.4) is 0 Å². The van der Waals surface area contributed by atoms with Gasteiger partial charge in [-0.2, -0.15) is 0 Å². The summed E-state index contributed by atoms with van der Waals surface area (Å²) in [6.07, 6.45) is 0.913. The van der Waals surface area contributed by atoms with Crippen LogP contribution >= 0.6 is 0 Å². The van der Waals surface area contributed by atoms with Gasteiger partial charge in [0, 0.05) is 6.92 Å². The Kier molecular flexibility index (Phi) is 2.68. The van der Waals surface area contributed by atoms with E-state index < -0.39 is 0 Å². The van der Waals surface area contributed by atoms with Crippen molar-refractivity contribution in [3.05, 3.63) is 0 Å². The van der Waals surface area contributed by atoms with E-state index in [4.69, 9.17) is 4.74 Å². The minimum Gasteiger partial charge on any atom is -0.460 e. The molecule has 2 atom stereocenters. The van der Waals surface area contributed by atoms with Crippen LogP contribution in [0.15, 0.2) is 0 Å². The van der Waals surface area contributed by atoms with Crippen LogP contribution in [0.2, 0.25) is 0 Å². The number of hydrogen-bond donors (Lipinski definition) is 1. The number of esters is 1. The van der Waals surface area contributed by atoms with E-state index >= 15 is 0 Å². The van der Waals surface area contributed by atoms with Crippen LogP contribution in [0.5, 0.6) is 0 Å². The van der Waals surface area contributed by atoms with E-state index in [0.29, 0.717) is 6.42 Å². The quantitative estimate of drug-likeness (QED) is 0.604. The first-order valence-corrected chi connectivity index (χ1v) is 4.10. The number of hydrogen-bond acceptors (Lipinski definition) is 3. The molecule has 1 fully saturated rings. The standard InChI is InChI=1S/C8H13NO3/c1-3-7-6(9-5(2)10)4-8(11)12-7/h6-7H,3-4H2,1-2H3,(H,9,10). The van der Waals surface area contributed by atoms with E-state index in [2.05, 4.69) is 5.32 Å². The van der Waals surface area contributed by atoms with Gasteiger partial charge in [-0.3, -0.25) is 9.59 Å². The summed E-state index contributed by atoms with van der Waals surface area (Å²) in [5, 5.41) is 2.69. The number of ether oxygens (including phenoxy) is 1. The van der Waals surface area contributed by atoms with Crippen molar-refractivity contribution in [2.75, 3.05) is 0 Å². The van der Waals surface area contributed by atoms with E-state index in [-0.39, 0.29) is 24.0 Å². The Morgan fingerprint density at radius 2 is 2.42 bits per heavy atom. The maximum absolute atomic E-state index is 10.8. The molecule has 1 aliphatic rings. The summed E-state index contributed by atoms with van der Waals surface area (Å²) in [6, 6.07) is -0.125. The summed E-state index contributed by atoms with van der Waals surface area (Å²) in [5.74, 6) is -0.336. The van der Waals surface area contributed by atoms with Gasteiger partial charge < -0.3 is 10.1 Å². The molecule has 2 unspecified atom stereocenters. The van der Waals surface area contributed by atoms with Gasteiger partial charge in [-0.25, -0.2) is 0 Å². The monoisotopic (exact) mass is 171 g/mol. The van der Waals surface area contributed by atoms with Crippen LogP contribution in [0.4, 0.5) is 0 Å². The normalized spacial score (nSPS) is 28.3. The van der Waals surface area contributed by atoms with Crippen molar-refractivity contribution in [1.29, 1.82) is 0 Å². The van der Waals surface area contributed by atoms with E-state index in [1.165, 1.54) is 6.92 Å². The Morgan fingerprint density at radius 1 is 1.75 bits per heavy atom. The lowest BCUT2D eigenvalue weighted by Crippen LogP contribution is -2.38. The van der Waals surface area contributed by atoms with E-state index in [9.17, 15) is 9.59 Å². The smallest absolute Gasteiger partial charge is 0.308 e. The Balaban J connectivity index is 2.51. The molecule has 4 heteroatoms. The van der Waals surface area contributed by atoms with Gasteiger partial charge in [0.2, 0.25) is 5.91 Å². The molecule has 68 valence electrons. The molecule has 0 aromatic carbocycles. The number of rotatable bonds is 2. The average molecular weight is 171 g/mol. The number of nitrogens with one attached hydrogen (secondary N) is 1. The second-order valence-corrected chi connectivity index (χ2v) is 2.95. The third-order valence-electron chi connectivity index (χ3n) is 1.91. The Morgan fingerprint density at radius 3 is 2.92 bits per heavy atom. The van der Waals surface area contributed by atoms with Gasteiger partial charge in [-0.1, -0.05) is 6.92 Å². The lowest BCUT2D eigenvalue weighted by Gasteiger charge is -2.15. The largest absolute Gasteiger partial charge is 0.460 e. The Bertz CT molecular complexity index is 202. The van der Waals surface area contributed by atoms with Gasteiger partial charge in [0.25, 0.3) is 0 Å². The van der Waals surface area contributed by atoms with Crippen molar-refractivity contribution in [1.82, 2.24) is 5.32 Å². The van der Waals surface area contributed by atoms with Crippen molar-refractivity contribution in [2.24, 2.45) is 0 Å². The fourth-order valence-electron chi connectivity index (χ4n) is 1.38. The summed E-state index contributed by atoms with van der Waals surface area (Å²) in [6.45, 7) is 3.37. The predicted octanol–water partition coefficient (Wildman–Crippen LogP) is 0.217. The highest BCUT2D eigenvalue weighted by Crippen LogP contribution is 2.17. The van der Waals surface area contributed by atoms with Crippen LogP contribution in [-0.2, 0) is 14.3 Å². The summed E-state index contributed by atoms with van der Waals surface area (Å²) >= 11 is 0. The summed E-state index contributed by atoms with van der Waals surface area (Å²) in [5.41, 5.74) is 0. The molecule has 0 aromatic rings. The second-order valence-electron chi connectivity index (χ2n) is 2.95. The number of carbonyl (C=O) groups is 2. The minimum absolute atomic E-state index is 0.114. The molecule has 1 heterocycles. The fourth-order valence-corrected chi connectivity index (χ4v) is 1.38. The molecule has 1 aliphatic heterocycles. The first-order chi connectivity index (χ1) is 5.63. The molecule has 0 aromatic heterocycles. The zero-order valence-corrected chi connectivity index (χ0v) is 7.29. The van der Waals surface area contributed by atoms with Crippen LogP contribution in [0, 0.1) is 0 Å². The summed E-state index contributed by atoms with van der Waals surface area (Å²) < 4.78 is 4.97. The predicted molar refractivity (Wildman–Crippen MR) is 42.4 cm³/mol. The number of amides is 1. The fraction of sp³-hybridized carbons (Fsp3) is 0.750. The van der Waals surface area contributed by atoms with Crippen molar-refractivity contribution < 1.29 is 14.3 Å². The SMILES string of the molecule is CCC1OC(=O)CC1NC(C)=O. The van der Waals surface area contributed by atoms with Crippen LogP contribution in [0.1, 0.15) is 26.7 Å². The third kappa shape index (κ3) is 1.96. The Labute approximate surface area is 71.3 Å². The van der Waals surface area contributed by atoms with Crippen LogP contribution < -0.4 is 5.32 Å². The first-order valence-electron chi connectivity index (χ1n) is 4.10. The van der Waals surface area contributed by atoms with E-state index in [0.717, 1.165) is 6.42 Å². The van der Waals surface area contributed by atoms with Crippen molar-refractivity contribution >= 4 is 11.9 Å². The topological polar surface area (TPSA) is 55.4 Å². The lowest BCUT2D eigenvalue weighted by atomic mass is 10.1. The van der Waals surface area contributed by atoms with Gasteiger partial charge in [0.1, 0.15) is 6.10 Å². The molecule has 0 saturated carbocycles. The molecule has 1 N–H and O–H groups in total. The molecule has 0 bridgehead atoms. The van der Waals surface area contributed by atoms with Crippen LogP contribution in [0.25, 0.3) is 0 Å². The molecule has 0 spiro atoms. The van der Waals surface area contributed by atoms with Crippen molar-refractivity contribution in [3.8, 4) is 0 Å². The maximum Gasteiger partial charge on any atom is 0.308 e. The molecular weight excluding hydrogens is 158 g/mol. The molecule has 12 heavy (non-hydrogen) atoms. The highest BCUT2D eigenvalue weighted by molar-refractivity contribution is 5.77. The minimum atomic E-state index is -0.222. The average Bonchev–Trinajstić information content (AvgIpc) is 2.29. The zero-order valence-electron chi connectivity index (χ0n) is 7.29. The second kappa shape index (κ2) is 3.56. The summed E-state index contributed by atoms with van der Waals surface area (Å²) in [7, 11) is 0. The van der Waals surface area contributed by atoms with Gasteiger partial charge in [0.15, 0.2) is 0 Å². The molecule has 4 nitrogen and oxygen atoms in total. The molecule has 0 aliphatic carbocycles. The maximum atomic E-state index is 10.8. The van der Waals surface area contributed by atoms with Crippen molar-refractivity contribution in [3.63, 3.8) is 0 Å². The Hall–Kier alpha value is -1.06. The molecule has 1 rings (SSSR count). The number of carbonyl (C=O) groups excluding carboxylic acids is 2. The molecule has 0 radical (unpaired) electrons. The first kappa shape index (κ1) is 9.03. The molecular formula is C8H13NO3.